The van der Waals surface area contributed by atoms with Gasteiger partial charge in [-0.1, -0.05) is 36.2 Å². The van der Waals surface area contributed by atoms with Crippen LogP contribution >= 0.6 is 23.2 Å². The molecule has 1 N–H and O–H groups in total. The summed E-state index contributed by atoms with van der Waals surface area (Å²) in [6.45, 7) is 4.06. The summed E-state index contributed by atoms with van der Waals surface area (Å²) < 4.78 is 0. The van der Waals surface area contributed by atoms with Crippen molar-refractivity contribution in [2.24, 2.45) is 5.41 Å². The van der Waals surface area contributed by atoms with Crippen LogP contribution in [0.5, 0.6) is 0 Å². The molecule has 1 aromatic rings. The molecule has 1 unspecified atom stereocenters. The standard InChI is InChI=1S/C14H17Cl2NO2/c1-2-14(13(18)19)5-6-17(9-14)8-10-3-4-11(15)12(16)7-10/h3-4,7H,2,5-6,8-9H2,1H3,(H,18,19). The van der Waals surface area contributed by atoms with Gasteiger partial charge in [-0.05, 0) is 37.1 Å². The number of likely N-dealkylation sites (tertiary alicyclic amines) is 1. The third kappa shape index (κ3) is 3.04. The van der Waals surface area contributed by atoms with Crippen LogP contribution in [0.1, 0.15) is 25.3 Å². The van der Waals surface area contributed by atoms with Crippen molar-refractivity contribution in [3.63, 3.8) is 0 Å². The number of hydrogen-bond acceptors (Lipinski definition) is 2. The van der Waals surface area contributed by atoms with Crippen LogP contribution in [0.3, 0.4) is 0 Å². The molecule has 0 spiro atoms. The van der Waals surface area contributed by atoms with E-state index in [9.17, 15) is 9.90 Å². The van der Waals surface area contributed by atoms with E-state index < -0.39 is 11.4 Å². The van der Waals surface area contributed by atoms with Crippen molar-refractivity contribution < 1.29 is 9.90 Å². The Kier molecular flexibility index (Phi) is 4.39. The molecule has 104 valence electrons. The maximum absolute atomic E-state index is 11.4. The van der Waals surface area contributed by atoms with Crippen molar-refractivity contribution in [3.05, 3.63) is 33.8 Å². The monoisotopic (exact) mass is 301 g/mol. The summed E-state index contributed by atoms with van der Waals surface area (Å²) in [6, 6.07) is 5.55. The zero-order valence-corrected chi connectivity index (χ0v) is 12.3. The van der Waals surface area contributed by atoms with E-state index in [1.165, 1.54) is 0 Å². The van der Waals surface area contributed by atoms with Gasteiger partial charge in [0.05, 0.1) is 15.5 Å². The lowest BCUT2D eigenvalue weighted by molar-refractivity contribution is -0.148. The van der Waals surface area contributed by atoms with E-state index in [1.807, 2.05) is 19.1 Å². The fourth-order valence-corrected chi connectivity index (χ4v) is 2.92. The normalized spacial score (nSPS) is 23.7. The molecule has 1 aliphatic rings. The van der Waals surface area contributed by atoms with Gasteiger partial charge in [0.15, 0.2) is 0 Å². The molecule has 2 rings (SSSR count). The van der Waals surface area contributed by atoms with Crippen molar-refractivity contribution >= 4 is 29.2 Å². The Balaban J connectivity index is 2.05. The highest BCUT2D eigenvalue weighted by atomic mass is 35.5. The van der Waals surface area contributed by atoms with Gasteiger partial charge in [-0.3, -0.25) is 9.69 Å². The lowest BCUT2D eigenvalue weighted by Crippen LogP contribution is -2.33. The molecule has 3 nitrogen and oxygen atoms in total. The predicted molar refractivity (Wildman–Crippen MR) is 76.7 cm³/mol. The van der Waals surface area contributed by atoms with Gasteiger partial charge in [0.2, 0.25) is 0 Å². The SMILES string of the molecule is CCC1(C(=O)O)CCN(Cc2ccc(Cl)c(Cl)c2)C1. The van der Waals surface area contributed by atoms with Crippen molar-refractivity contribution in [1.82, 2.24) is 4.90 Å². The van der Waals surface area contributed by atoms with Gasteiger partial charge in [0.1, 0.15) is 0 Å². The first-order valence-corrected chi connectivity index (χ1v) is 7.12. The summed E-state index contributed by atoms with van der Waals surface area (Å²) in [6.07, 6.45) is 1.38. The highest BCUT2D eigenvalue weighted by molar-refractivity contribution is 6.42. The Morgan fingerprint density at radius 3 is 2.68 bits per heavy atom. The van der Waals surface area contributed by atoms with Gasteiger partial charge >= 0.3 is 5.97 Å². The minimum Gasteiger partial charge on any atom is -0.481 e. The van der Waals surface area contributed by atoms with Gasteiger partial charge in [-0.15, -0.1) is 0 Å². The molecule has 0 saturated carbocycles. The highest BCUT2D eigenvalue weighted by Crippen LogP contribution is 2.35. The first-order chi connectivity index (χ1) is 8.97. The van der Waals surface area contributed by atoms with E-state index in [0.29, 0.717) is 36.0 Å². The minimum atomic E-state index is -0.688. The van der Waals surface area contributed by atoms with Crippen LogP contribution in [0.15, 0.2) is 18.2 Å². The van der Waals surface area contributed by atoms with Crippen LogP contribution in [0, 0.1) is 5.41 Å². The van der Waals surface area contributed by atoms with Crippen LogP contribution in [0.25, 0.3) is 0 Å². The molecule has 5 heteroatoms. The summed E-state index contributed by atoms with van der Waals surface area (Å²) in [4.78, 5) is 13.5. The summed E-state index contributed by atoms with van der Waals surface area (Å²) in [5, 5.41) is 10.4. The van der Waals surface area contributed by atoms with Gasteiger partial charge < -0.3 is 5.11 Å². The fraction of sp³-hybridized carbons (Fsp3) is 0.500. The number of carboxylic acids is 1. The third-order valence-electron chi connectivity index (χ3n) is 3.95. The Hall–Kier alpha value is -0.770. The van der Waals surface area contributed by atoms with Crippen LogP contribution in [0.2, 0.25) is 10.0 Å². The first kappa shape index (κ1) is 14.6. The molecule has 0 amide bonds. The molecule has 1 fully saturated rings. The van der Waals surface area contributed by atoms with E-state index in [1.54, 1.807) is 6.07 Å². The number of carbonyl (C=O) groups is 1. The Bertz CT molecular complexity index is 492. The predicted octanol–water partition coefficient (Wildman–Crippen LogP) is 3.68. The maximum atomic E-state index is 11.4. The molecule has 0 aliphatic carbocycles. The molecule has 0 radical (unpaired) electrons. The van der Waals surface area contributed by atoms with Crippen LogP contribution in [0.4, 0.5) is 0 Å². The molecule has 1 saturated heterocycles. The van der Waals surface area contributed by atoms with Gasteiger partial charge in [-0.2, -0.15) is 0 Å². The number of rotatable bonds is 4. The Morgan fingerprint density at radius 2 is 2.16 bits per heavy atom. The van der Waals surface area contributed by atoms with E-state index in [-0.39, 0.29) is 0 Å². The molecule has 0 aromatic heterocycles. The number of carboxylic acid groups (broad SMARTS) is 1. The van der Waals surface area contributed by atoms with Gasteiger partial charge in [0, 0.05) is 13.1 Å². The van der Waals surface area contributed by atoms with E-state index in [0.717, 1.165) is 12.1 Å². The van der Waals surface area contributed by atoms with Crippen LogP contribution < -0.4 is 0 Å². The second-order valence-electron chi connectivity index (χ2n) is 5.15. The summed E-state index contributed by atoms with van der Waals surface area (Å²) in [5.41, 5.74) is 0.475. The second-order valence-corrected chi connectivity index (χ2v) is 5.96. The molecule has 1 atom stereocenters. The summed E-state index contributed by atoms with van der Waals surface area (Å²) in [5.74, 6) is -0.688. The zero-order valence-electron chi connectivity index (χ0n) is 10.8. The molecule has 0 bridgehead atoms. The Labute approximate surface area is 123 Å². The molecule has 1 heterocycles. The lowest BCUT2D eigenvalue weighted by atomic mass is 9.84. The van der Waals surface area contributed by atoms with Crippen LogP contribution in [-0.4, -0.2) is 29.1 Å². The van der Waals surface area contributed by atoms with Gasteiger partial charge in [0.25, 0.3) is 0 Å². The summed E-state index contributed by atoms with van der Waals surface area (Å²) in [7, 11) is 0. The number of aliphatic carboxylic acids is 1. The average molecular weight is 302 g/mol. The largest absolute Gasteiger partial charge is 0.481 e. The topological polar surface area (TPSA) is 40.5 Å². The first-order valence-electron chi connectivity index (χ1n) is 6.36. The highest BCUT2D eigenvalue weighted by Gasteiger charge is 2.42. The molecule has 1 aliphatic heterocycles. The molecule has 1 aromatic carbocycles. The quantitative estimate of drug-likeness (QED) is 0.922. The van der Waals surface area contributed by atoms with E-state index in [2.05, 4.69) is 4.90 Å². The molecule has 19 heavy (non-hydrogen) atoms. The lowest BCUT2D eigenvalue weighted by Gasteiger charge is -2.23. The van der Waals surface area contributed by atoms with Crippen molar-refractivity contribution in [2.75, 3.05) is 13.1 Å². The third-order valence-corrected chi connectivity index (χ3v) is 4.69. The molecular weight excluding hydrogens is 285 g/mol. The summed E-state index contributed by atoms with van der Waals surface area (Å²) >= 11 is 11.9. The number of hydrogen-bond donors (Lipinski definition) is 1. The molecular formula is C14H17Cl2NO2. The smallest absolute Gasteiger partial charge is 0.310 e. The Morgan fingerprint density at radius 1 is 1.42 bits per heavy atom. The average Bonchev–Trinajstić information content (AvgIpc) is 2.79. The number of halogens is 2. The van der Waals surface area contributed by atoms with Crippen LogP contribution in [-0.2, 0) is 11.3 Å². The fourth-order valence-electron chi connectivity index (χ4n) is 2.60. The van der Waals surface area contributed by atoms with E-state index in [4.69, 9.17) is 23.2 Å². The minimum absolute atomic E-state index is 0.540. The van der Waals surface area contributed by atoms with E-state index >= 15 is 0 Å². The van der Waals surface area contributed by atoms with Crippen molar-refractivity contribution in [1.29, 1.82) is 0 Å². The number of benzene rings is 1. The van der Waals surface area contributed by atoms with Gasteiger partial charge in [-0.25, -0.2) is 0 Å². The second kappa shape index (κ2) is 5.70. The zero-order chi connectivity index (χ0) is 14.0. The maximum Gasteiger partial charge on any atom is 0.310 e. The van der Waals surface area contributed by atoms with Crippen molar-refractivity contribution in [3.8, 4) is 0 Å². The number of nitrogens with zero attached hydrogens (tertiary/aromatic N) is 1. The van der Waals surface area contributed by atoms with Crippen molar-refractivity contribution in [2.45, 2.75) is 26.3 Å².